The number of anilines is 3. The van der Waals surface area contributed by atoms with Crippen LogP contribution in [0.3, 0.4) is 0 Å². The number of nitro benzene ring substituents is 4. The molecular weight excluding hydrogens is 490 g/mol. The lowest BCUT2D eigenvalue weighted by Gasteiger charge is -1.99. The minimum absolute atomic E-state index is 0.0131. The van der Waals surface area contributed by atoms with Gasteiger partial charge in [0.05, 0.1) is 48.9 Å². The minimum Gasteiger partial charge on any atom is -0.506 e. The van der Waals surface area contributed by atoms with Crippen molar-refractivity contribution in [3.8, 4) is 17.2 Å². The highest BCUT2D eigenvalue weighted by Gasteiger charge is 2.22. The van der Waals surface area contributed by atoms with E-state index in [2.05, 4.69) is 0 Å². The summed E-state index contributed by atoms with van der Waals surface area (Å²) in [6, 6.07) is 8.50. The average molecular weight is 507 g/mol. The van der Waals surface area contributed by atoms with Gasteiger partial charge < -0.3 is 32.5 Å². The molecule has 0 aliphatic heterocycles. The molecule has 18 nitrogen and oxygen atoms in total. The molecule has 0 aliphatic rings. The highest BCUT2D eigenvalue weighted by atomic mass is 16.6. The second-order valence-corrected chi connectivity index (χ2v) is 6.42. The van der Waals surface area contributed by atoms with E-state index in [0.29, 0.717) is 6.07 Å². The topological polar surface area (TPSA) is 311 Å². The van der Waals surface area contributed by atoms with E-state index in [9.17, 15) is 40.5 Å². The van der Waals surface area contributed by atoms with Crippen LogP contribution in [0.1, 0.15) is 0 Å². The second kappa shape index (κ2) is 11.8. The normalized spacial score (nSPS) is 9.56. The standard InChI is InChI=1S/C6H5N3O5.2C6H6N2O3/c7-4-1-3(8(11)12)2-5(6(4)10)9(13)14;7-5-3-4(8(10)11)1-2-6(5)9;7-5-2-1-4(8(10)11)3-6(5)9/h1-2,10H,7H2;2*1-3,9H,7H2. The summed E-state index contributed by atoms with van der Waals surface area (Å²) >= 11 is 0. The number of nitro groups is 4. The third-order valence-electron chi connectivity index (χ3n) is 3.96. The molecular formula is C18H17N7O11. The van der Waals surface area contributed by atoms with Gasteiger partial charge in [-0.2, -0.15) is 0 Å². The number of hydrogen-bond acceptors (Lipinski definition) is 14. The summed E-state index contributed by atoms with van der Waals surface area (Å²) in [5.74, 6) is -1.17. The maximum Gasteiger partial charge on any atom is 0.319 e. The number of nitrogens with zero attached hydrogens (tertiary/aromatic N) is 4. The summed E-state index contributed by atoms with van der Waals surface area (Å²) in [7, 11) is 0. The lowest BCUT2D eigenvalue weighted by atomic mass is 10.2. The van der Waals surface area contributed by atoms with E-state index in [1.165, 1.54) is 24.3 Å². The van der Waals surface area contributed by atoms with Crippen LogP contribution < -0.4 is 17.2 Å². The van der Waals surface area contributed by atoms with Crippen molar-refractivity contribution in [2.24, 2.45) is 0 Å². The van der Waals surface area contributed by atoms with Crippen molar-refractivity contribution in [2.45, 2.75) is 0 Å². The fourth-order valence-electron chi connectivity index (χ4n) is 2.17. The zero-order valence-corrected chi connectivity index (χ0v) is 17.7. The van der Waals surface area contributed by atoms with E-state index >= 15 is 0 Å². The van der Waals surface area contributed by atoms with Crippen molar-refractivity contribution in [3.63, 3.8) is 0 Å². The van der Waals surface area contributed by atoms with Crippen molar-refractivity contribution in [1.82, 2.24) is 0 Å². The Bertz CT molecular complexity index is 1270. The minimum atomic E-state index is -0.946. The number of phenolic OH excluding ortho intramolecular Hbond substituents is 3. The van der Waals surface area contributed by atoms with Crippen LogP contribution in [-0.2, 0) is 0 Å². The highest BCUT2D eigenvalue weighted by Crippen LogP contribution is 2.35. The van der Waals surface area contributed by atoms with Gasteiger partial charge in [-0.3, -0.25) is 40.5 Å². The number of non-ortho nitro benzene ring substituents is 3. The number of phenols is 3. The molecule has 0 fully saturated rings. The first-order valence-electron chi connectivity index (χ1n) is 9.02. The SMILES string of the molecule is Nc1cc([N+](=O)[O-])cc([N+](=O)[O-])c1O.Nc1cc([N+](=O)[O-])ccc1O.Nc1ccc([N+](=O)[O-])cc1O. The maximum absolute atomic E-state index is 10.3. The predicted octanol–water partition coefficient (Wildman–Crippen LogP) is 2.56. The highest BCUT2D eigenvalue weighted by molar-refractivity contribution is 5.68. The van der Waals surface area contributed by atoms with Gasteiger partial charge in [0, 0.05) is 24.3 Å². The molecule has 9 N–H and O–H groups in total. The van der Waals surface area contributed by atoms with Gasteiger partial charge in [0.1, 0.15) is 11.5 Å². The maximum atomic E-state index is 10.3. The Balaban J connectivity index is 0.000000273. The number of hydrogen-bond donors (Lipinski definition) is 6. The molecule has 18 heteroatoms. The molecule has 0 amide bonds. The van der Waals surface area contributed by atoms with Crippen molar-refractivity contribution < 1.29 is 35.0 Å². The summed E-state index contributed by atoms with van der Waals surface area (Å²) in [6.07, 6.45) is 0. The lowest BCUT2D eigenvalue weighted by molar-refractivity contribution is -0.394. The molecule has 0 aromatic heterocycles. The Labute approximate surface area is 199 Å². The third-order valence-corrected chi connectivity index (χ3v) is 3.96. The number of benzene rings is 3. The van der Waals surface area contributed by atoms with Crippen LogP contribution in [0.25, 0.3) is 0 Å². The van der Waals surface area contributed by atoms with Crippen molar-refractivity contribution in [3.05, 3.63) is 89.0 Å². The molecule has 0 aliphatic carbocycles. The molecule has 0 spiro atoms. The van der Waals surface area contributed by atoms with Gasteiger partial charge >= 0.3 is 5.69 Å². The van der Waals surface area contributed by atoms with Gasteiger partial charge in [0.15, 0.2) is 0 Å². The van der Waals surface area contributed by atoms with Crippen LogP contribution >= 0.6 is 0 Å². The first-order chi connectivity index (χ1) is 16.6. The second-order valence-electron chi connectivity index (χ2n) is 6.42. The van der Waals surface area contributed by atoms with Gasteiger partial charge in [-0.1, -0.05) is 0 Å². The predicted molar refractivity (Wildman–Crippen MR) is 124 cm³/mol. The van der Waals surface area contributed by atoms with E-state index < -0.39 is 42.5 Å². The van der Waals surface area contributed by atoms with Crippen LogP contribution in [0.5, 0.6) is 17.2 Å². The Kier molecular flexibility index (Phi) is 9.20. The van der Waals surface area contributed by atoms with Crippen LogP contribution in [0.2, 0.25) is 0 Å². The first-order valence-corrected chi connectivity index (χ1v) is 9.02. The molecule has 0 heterocycles. The molecule has 0 radical (unpaired) electrons. The molecule has 36 heavy (non-hydrogen) atoms. The quantitative estimate of drug-likeness (QED) is 0.128. The van der Waals surface area contributed by atoms with Gasteiger partial charge in [-0.15, -0.1) is 0 Å². The molecule has 3 aromatic rings. The Morgan fingerprint density at radius 3 is 1.44 bits per heavy atom. The Morgan fingerprint density at radius 2 is 1.00 bits per heavy atom. The molecule has 0 bridgehead atoms. The molecule has 3 aromatic carbocycles. The average Bonchev–Trinajstić information content (AvgIpc) is 2.79. The molecule has 0 atom stereocenters. The molecule has 190 valence electrons. The lowest BCUT2D eigenvalue weighted by Crippen LogP contribution is -1.96. The van der Waals surface area contributed by atoms with E-state index in [-0.39, 0.29) is 34.2 Å². The van der Waals surface area contributed by atoms with Gasteiger partial charge in [0.25, 0.3) is 17.1 Å². The number of nitrogen functional groups attached to an aromatic ring is 3. The van der Waals surface area contributed by atoms with Crippen LogP contribution in [0, 0.1) is 40.5 Å². The van der Waals surface area contributed by atoms with E-state index in [0.717, 1.165) is 18.2 Å². The van der Waals surface area contributed by atoms with Gasteiger partial charge in [-0.25, -0.2) is 0 Å². The van der Waals surface area contributed by atoms with Gasteiger partial charge in [-0.05, 0) is 12.1 Å². The summed E-state index contributed by atoms with van der Waals surface area (Å²) in [5, 5.41) is 67.7. The zero-order valence-electron chi connectivity index (χ0n) is 17.7. The zero-order chi connectivity index (χ0) is 27.7. The van der Waals surface area contributed by atoms with Crippen LogP contribution in [0.4, 0.5) is 39.8 Å². The number of nitrogens with two attached hydrogens (primary N) is 3. The number of rotatable bonds is 4. The van der Waals surface area contributed by atoms with Crippen LogP contribution in [0.15, 0.2) is 48.5 Å². The summed E-state index contributed by atoms with van der Waals surface area (Å²) in [6.45, 7) is 0. The van der Waals surface area contributed by atoms with Crippen molar-refractivity contribution >= 4 is 39.8 Å². The smallest absolute Gasteiger partial charge is 0.319 e. The van der Waals surface area contributed by atoms with Gasteiger partial charge in [0.2, 0.25) is 5.75 Å². The number of aromatic hydroxyl groups is 3. The summed E-state index contributed by atoms with van der Waals surface area (Å²) < 4.78 is 0. The molecule has 0 unspecified atom stereocenters. The molecule has 0 saturated carbocycles. The fraction of sp³-hybridized carbons (Fsp3) is 0. The molecule has 3 rings (SSSR count). The monoisotopic (exact) mass is 507 g/mol. The first kappa shape index (κ1) is 28.1. The summed E-state index contributed by atoms with van der Waals surface area (Å²) in [5.41, 5.74) is 13.7. The van der Waals surface area contributed by atoms with Crippen molar-refractivity contribution in [1.29, 1.82) is 0 Å². The van der Waals surface area contributed by atoms with E-state index in [4.69, 9.17) is 32.5 Å². The van der Waals surface area contributed by atoms with Crippen LogP contribution in [-0.4, -0.2) is 35.0 Å². The largest absolute Gasteiger partial charge is 0.506 e. The fourth-order valence-corrected chi connectivity index (χ4v) is 2.17. The summed E-state index contributed by atoms with van der Waals surface area (Å²) in [4.78, 5) is 37.9. The Hall–Kier alpha value is -5.94. The molecule has 0 saturated heterocycles. The van der Waals surface area contributed by atoms with E-state index in [1.807, 2.05) is 0 Å². The third kappa shape index (κ3) is 7.58. The van der Waals surface area contributed by atoms with Crippen molar-refractivity contribution in [2.75, 3.05) is 17.2 Å². The van der Waals surface area contributed by atoms with E-state index in [1.54, 1.807) is 0 Å². The Morgan fingerprint density at radius 1 is 0.528 bits per heavy atom.